The maximum absolute atomic E-state index is 10.7. The van der Waals surface area contributed by atoms with Gasteiger partial charge in [-0.2, -0.15) is 0 Å². The third-order valence-electron chi connectivity index (χ3n) is 2.26. The van der Waals surface area contributed by atoms with Crippen LogP contribution in [0.5, 0.6) is 0 Å². The van der Waals surface area contributed by atoms with E-state index in [4.69, 9.17) is 5.11 Å². The molecule has 0 aliphatic rings. The normalized spacial score (nSPS) is 14.8. The first kappa shape index (κ1) is 10.7. The molecule has 3 heteroatoms. The summed E-state index contributed by atoms with van der Waals surface area (Å²) >= 11 is 0. The Labute approximate surface area is 83.0 Å². The van der Waals surface area contributed by atoms with E-state index >= 15 is 0 Å². The largest absolute Gasteiger partial charge is 0.479 e. The highest BCUT2D eigenvalue weighted by Gasteiger charge is 2.30. The first-order chi connectivity index (χ1) is 6.43. The van der Waals surface area contributed by atoms with Crippen LogP contribution in [0.4, 0.5) is 0 Å². The molecule has 1 aromatic carbocycles. The average molecular weight is 194 g/mol. The minimum atomic E-state index is -1.69. The maximum Gasteiger partial charge on any atom is 0.335 e. The minimum Gasteiger partial charge on any atom is -0.479 e. The lowest BCUT2D eigenvalue weighted by Crippen LogP contribution is -2.37. The van der Waals surface area contributed by atoms with E-state index in [2.05, 4.69) is 0 Å². The molecule has 1 unspecified atom stereocenters. The quantitative estimate of drug-likeness (QED) is 0.764. The number of aliphatic carboxylic acids is 1. The number of carbonyl (C=O) groups is 1. The fraction of sp³-hybridized carbons (Fsp3) is 0.364. The van der Waals surface area contributed by atoms with Gasteiger partial charge in [0.1, 0.15) is 0 Å². The van der Waals surface area contributed by atoms with Gasteiger partial charge in [-0.05, 0) is 25.0 Å². The monoisotopic (exact) mass is 194 g/mol. The van der Waals surface area contributed by atoms with Crippen molar-refractivity contribution in [3.8, 4) is 0 Å². The van der Waals surface area contributed by atoms with E-state index in [0.29, 0.717) is 0 Å². The fourth-order valence-electron chi connectivity index (χ4n) is 1.25. The van der Waals surface area contributed by atoms with E-state index in [-0.39, 0.29) is 6.42 Å². The van der Waals surface area contributed by atoms with Gasteiger partial charge in [-0.3, -0.25) is 0 Å². The Hall–Kier alpha value is -1.35. The lowest BCUT2D eigenvalue weighted by molar-refractivity contribution is -0.156. The molecule has 0 saturated carbocycles. The number of aryl methyl sites for hydroxylation is 1. The zero-order valence-electron chi connectivity index (χ0n) is 8.32. The second-order valence-corrected chi connectivity index (χ2v) is 3.68. The molecule has 0 heterocycles. The Morgan fingerprint density at radius 3 is 2.50 bits per heavy atom. The van der Waals surface area contributed by atoms with E-state index in [9.17, 15) is 9.90 Å². The summed E-state index contributed by atoms with van der Waals surface area (Å²) in [7, 11) is 0. The minimum absolute atomic E-state index is 0.134. The highest BCUT2D eigenvalue weighted by molar-refractivity contribution is 5.77. The standard InChI is InChI=1S/C11H14O3/c1-8-5-3-4-6-9(8)7-11(2,14)10(12)13/h3-6,14H,7H2,1-2H3,(H,12,13). The zero-order valence-corrected chi connectivity index (χ0v) is 8.32. The van der Waals surface area contributed by atoms with Crippen molar-refractivity contribution in [1.82, 2.24) is 0 Å². The molecule has 0 radical (unpaired) electrons. The van der Waals surface area contributed by atoms with Gasteiger partial charge in [0.05, 0.1) is 0 Å². The van der Waals surface area contributed by atoms with Crippen LogP contribution in [0.3, 0.4) is 0 Å². The van der Waals surface area contributed by atoms with Crippen LogP contribution in [0.1, 0.15) is 18.1 Å². The number of aliphatic hydroxyl groups is 1. The molecule has 0 amide bonds. The summed E-state index contributed by atoms with van der Waals surface area (Å²) in [5, 5.41) is 18.3. The van der Waals surface area contributed by atoms with Gasteiger partial charge >= 0.3 is 5.97 Å². The molecule has 0 saturated heterocycles. The summed E-state index contributed by atoms with van der Waals surface area (Å²) in [6.07, 6.45) is 0.134. The van der Waals surface area contributed by atoms with Crippen LogP contribution in [0.2, 0.25) is 0 Å². The molecule has 3 nitrogen and oxygen atoms in total. The van der Waals surface area contributed by atoms with Crippen LogP contribution in [0.25, 0.3) is 0 Å². The van der Waals surface area contributed by atoms with E-state index in [0.717, 1.165) is 11.1 Å². The SMILES string of the molecule is Cc1ccccc1CC(C)(O)C(=O)O. The number of rotatable bonds is 3. The summed E-state index contributed by atoms with van der Waals surface area (Å²) in [6, 6.07) is 7.44. The first-order valence-electron chi connectivity index (χ1n) is 4.44. The van der Waals surface area contributed by atoms with Gasteiger partial charge in [0.25, 0.3) is 0 Å². The molecular weight excluding hydrogens is 180 g/mol. The van der Waals surface area contributed by atoms with Crippen molar-refractivity contribution >= 4 is 5.97 Å². The van der Waals surface area contributed by atoms with Crippen LogP contribution >= 0.6 is 0 Å². The molecule has 1 aromatic rings. The van der Waals surface area contributed by atoms with Gasteiger partial charge in [0.15, 0.2) is 5.60 Å². The number of carboxylic acid groups (broad SMARTS) is 1. The van der Waals surface area contributed by atoms with Gasteiger partial charge in [0, 0.05) is 6.42 Å². The van der Waals surface area contributed by atoms with Crippen molar-refractivity contribution in [3.63, 3.8) is 0 Å². The van der Waals surface area contributed by atoms with Crippen molar-refractivity contribution in [2.75, 3.05) is 0 Å². The molecule has 0 aliphatic carbocycles. The summed E-state index contributed by atoms with van der Waals surface area (Å²) in [4.78, 5) is 10.7. The second kappa shape index (κ2) is 3.80. The van der Waals surface area contributed by atoms with Crippen molar-refractivity contribution in [1.29, 1.82) is 0 Å². The first-order valence-corrected chi connectivity index (χ1v) is 4.44. The van der Waals surface area contributed by atoms with Crippen molar-refractivity contribution in [2.45, 2.75) is 25.9 Å². The van der Waals surface area contributed by atoms with Crippen molar-refractivity contribution in [2.24, 2.45) is 0 Å². The Morgan fingerprint density at radius 1 is 1.43 bits per heavy atom. The topological polar surface area (TPSA) is 57.5 Å². The predicted octanol–water partition coefficient (Wildman–Crippen LogP) is 1.37. The summed E-state index contributed by atoms with van der Waals surface area (Å²) in [5.74, 6) is -1.19. The van der Waals surface area contributed by atoms with E-state index in [1.165, 1.54) is 6.92 Å². The van der Waals surface area contributed by atoms with Crippen LogP contribution in [-0.4, -0.2) is 21.8 Å². The molecule has 76 valence electrons. The van der Waals surface area contributed by atoms with Crippen molar-refractivity contribution in [3.05, 3.63) is 35.4 Å². The molecular formula is C11H14O3. The lowest BCUT2D eigenvalue weighted by Gasteiger charge is -2.18. The highest BCUT2D eigenvalue weighted by Crippen LogP contribution is 2.16. The predicted molar refractivity (Wildman–Crippen MR) is 53.1 cm³/mol. The van der Waals surface area contributed by atoms with Gasteiger partial charge in [-0.1, -0.05) is 24.3 Å². The Morgan fingerprint density at radius 2 is 2.00 bits per heavy atom. The molecule has 0 aliphatic heterocycles. The Kier molecular flexibility index (Phi) is 2.91. The molecule has 14 heavy (non-hydrogen) atoms. The van der Waals surface area contributed by atoms with Gasteiger partial charge in [-0.25, -0.2) is 4.79 Å². The van der Waals surface area contributed by atoms with Gasteiger partial charge in [0.2, 0.25) is 0 Å². The molecule has 1 rings (SSSR count). The van der Waals surface area contributed by atoms with E-state index < -0.39 is 11.6 Å². The highest BCUT2D eigenvalue weighted by atomic mass is 16.4. The van der Waals surface area contributed by atoms with Crippen LogP contribution in [-0.2, 0) is 11.2 Å². The zero-order chi connectivity index (χ0) is 10.8. The Balaban J connectivity index is 2.89. The molecule has 2 N–H and O–H groups in total. The van der Waals surface area contributed by atoms with Crippen molar-refractivity contribution < 1.29 is 15.0 Å². The molecule has 0 spiro atoms. The molecule has 1 atom stereocenters. The maximum atomic E-state index is 10.7. The van der Waals surface area contributed by atoms with Gasteiger partial charge in [-0.15, -0.1) is 0 Å². The second-order valence-electron chi connectivity index (χ2n) is 3.68. The Bertz CT molecular complexity index is 342. The third kappa shape index (κ3) is 2.33. The van der Waals surface area contributed by atoms with E-state index in [1.54, 1.807) is 0 Å². The smallest absolute Gasteiger partial charge is 0.335 e. The lowest BCUT2D eigenvalue weighted by atomic mass is 9.94. The van der Waals surface area contributed by atoms with Crippen LogP contribution < -0.4 is 0 Å². The number of benzene rings is 1. The number of carboxylic acids is 1. The van der Waals surface area contributed by atoms with Crippen LogP contribution in [0.15, 0.2) is 24.3 Å². The summed E-state index contributed by atoms with van der Waals surface area (Å²) in [6.45, 7) is 3.20. The molecule has 0 fully saturated rings. The molecule has 0 aromatic heterocycles. The number of hydrogen-bond donors (Lipinski definition) is 2. The van der Waals surface area contributed by atoms with Crippen LogP contribution in [0, 0.1) is 6.92 Å². The fourth-order valence-corrected chi connectivity index (χ4v) is 1.25. The number of hydrogen-bond acceptors (Lipinski definition) is 2. The summed E-state index contributed by atoms with van der Waals surface area (Å²) < 4.78 is 0. The molecule has 0 bridgehead atoms. The van der Waals surface area contributed by atoms with Gasteiger partial charge < -0.3 is 10.2 Å². The van der Waals surface area contributed by atoms with E-state index in [1.807, 2.05) is 31.2 Å². The third-order valence-corrected chi connectivity index (χ3v) is 2.26. The average Bonchev–Trinajstić information content (AvgIpc) is 2.08. The summed E-state index contributed by atoms with van der Waals surface area (Å²) in [5.41, 5.74) is 0.167.